The first-order valence-electron chi connectivity index (χ1n) is 6.02. The molecule has 2 unspecified atom stereocenters. The van der Waals surface area contributed by atoms with Crippen molar-refractivity contribution in [1.82, 2.24) is 4.98 Å². The fourth-order valence-corrected chi connectivity index (χ4v) is 2.27. The third kappa shape index (κ3) is 2.88. The van der Waals surface area contributed by atoms with Gasteiger partial charge in [0, 0.05) is 5.92 Å². The maximum absolute atomic E-state index is 11.9. The average molecular weight is 252 g/mol. The molecule has 0 radical (unpaired) electrons. The van der Waals surface area contributed by atoms with Crippen LogP contribution in [-0.2, 0) is 9.59 Å². The molecule has 1 amide bonds. The number of rotatable bonds is 3. The summed E-state index contributed by atoms with van der Waals surface area (Å²) >= 11 is 0. The maximum atomic E-state index is 11.9. The van der Waals surface area contributed by atoms with Gasteiger partial charge < -0.3 is 9.52 Å². The van der Waals surface area contributed by atoms with Gasteiger partial charge in [0.25, 0.3) is 0 Å². The number of carbonyl (C=O) groups excluding carboxylic acids is 1. The van der Waals surface area contributed by atoms with Gasteiger partial charge >= 0.3 is 12.0 Å². The van der Waals surface area contributed by atoms with Gasteiger partial charge in [0.2, 0.25) is 5.91 Å². The highest BCUT2D eigenvalue weighted by Crippen LogP contribution is 2.30. The molecule has 0 aliphatic heterocycles. The first kappa shape index (κ1) is 12.6. The SMILES string of the molecule is Cc1coc(NC(=O)C2CCCC(C(=O)O)C2)n1. The van der Waals surface area contributed by atoms with Crippen LogP contribution in [-0.4, -0.2) is 22.0 Å². The highest BCUT2D eigenvalue weighted by Gasteiger charge is 2.31. The summed E-state index contributed by atoms with van der Waals surface area (Å²) in [5.41, 5.74) is 0.692. The molecule has 2 rings (SSSR count). The van der Waals surface area contributed by atoms with E-state index in [0.29, 0.717) is 18.5 Å². The number of hydrogen-bond donors (Lipinski definition) is 2. The van der Waals surface area contributed by atoms with E-state index in [0.717, 1.165) is 12.8 Å². The van der Waals surface area contributed by atoms with E-state index in [2.05, 4.69) is 10.3 Å². The van der Waals surface area contributed by atoms with Crippen molar-refractivity contribution in [3.63, 3.8) is 0 Å². The molecule has 1 heterocycles. The molecule has 1 saturated carbocycles. The molecule has 2 N–H and O–H groups in total. The van der Waals surface area contributed by atoms with Crippen LogP contribution in [0.1, 0.15) is 31.4 Å². The Morgan fingerprint density at radius 2 is 2.17 bits per heavy atom. The number of aromatic nitrogens is 1. The number of hydrogen-bond acceptors (Lipinski definition) is 4. The summed E-state index contributed by atoms with van der Waals surface area (Å²) in [7, 11) is 0. The monoisotopic (exact) mass is 252 g/mol. The minimum Gasteiger partial charge on any atom is -0.481 e. The molecule has 0 saturated heterocycles. The van der Waals surface area contributed by atoms with Gasteiger partial charge in [-0.2, -0.15) is 4.98 Å². The zero-order valence-corrected chi connectivity index (χ0v) is 10.2. The second kappa shape index (κ2) is 5.20. The van der Waals surface area contributed by atoms with Crippen molar-refractivity contribution < 1.29 is 19.1 Å². The zero-order chi connectivity index (χ0) is 13.1. The molecular weight excluding hydrogens is 236 g/mol. The van der Waals surface area contributed by atoms with Crippen molar-refractivity contribution >= 4 is 17.9 Å². The minimum absolute atomic E-state index is 0.176. The average Bonchev–Trinajstić information content (AvgIpc) is 2.75. The molecule has 0 bridgehead atoms. The van der Waals surface area contributed by atoms with Gasteiger partial charge in [-0.05, 0) is 26.2 Å². The first-order valence-corrected chi connectivity index (χ1v) is 6.02. The lowest BCUT2D eigenvalue weighted by Crippen LogP contribution is -2.31. The summed E-state index contributed by atoms with van der Waals surface area (Å²) in [5.74, 6) is -1.71. The number of carboxylic acids is 1. The predicted molar refractivity (Wildman–Crippen MR) is 63.0 cm³/mol. The highest BCUT2D eigenvalue weighted by atomic mass is 16.4. The predicted octanol–water partition coefficient (Wildman–Crippen LogP) is 1.81. The van der Waals surface area contributed by atoms with E-state index in [1.54, 1.807) is 6.92 Å². The largest absolute Gasteiger partial charge is 0.481 e. The van der Waals surface area contributed by atoms with Crippen LogP contribution >= 0.6 is 0 Å². The molecule has 1 fully saturated rings. The minimum atomic E-state index is -0.820. The number of anilines is 1. The summed E-state index contributed by atoms with van der Waals surface area (Å²) in [5, 5.41) is 11.6. The number of oxazole rings is 1. The molecule has 98 valence electrons. The molecule has 1 aliphatic rings. The number of amides is 1. The van der Waals surface area contributed by atoms with Crippen molar-refractivity contribution in [2.75, 3.05) is 5.32 Å². The van der Waals surface area contributed by atoms with Gasteiger partial charge in [0.1, 0.15) is 6.26 Å². The Labute approximate surface area is 104 Å². The summed E-state index contributed by atoms with van der Waals surface area (Å²) in [6.07, 6.45) is 3.98. The van der Waals surface area contributed by atoms with Gasteiger partial charge in [-0.15, -0.1) is 0 Å². The van der Waals surface area contributed by atoms with E-state index in [-0.39, 0.29) is 17.8 Å². The summed E-state index contributed by atoms with van der Waals surface area (Å²) in [4.78, 5) is 26.8. The van der Waals surface area contributed by atoms with Crippen LogP contribution in [0.4, 0.5) is 6.01 Å². The second-order valence-electron chi connectivity index (χ2n) is 4.68. The van der Waals surface area contributed by atoms with Gasteiger partial charge in [-0.1, -0.05) is 6.42 Å². The third-order valence-electron chi connectivity index (χ3n) is 3.24. The number of aryl methyl sites for hydroxylation is 1. The summed E-state index contributed by atoms with van der Waals surface area (Å²) in [6, 6.07) is 0.176. The van der Waals surface area contributed by atoms with Crippen molar-refractivity contribution in [2.24, 2.45) is 11.8 Å². The van der Waals surface area contributed by atoms with Crippen molar-refractivity contribution in [3.05, 3.63) is 12.0 Å². The van der Waals surface area contributed by atoms with Gasteiger partial charge in [0.15, 0.2) is 0 Å². The smallest absolute Gasteiger partial charge is 0.306 e. The summed E-state index contributed by atoms with van der Waals surface area (Å²) in [6.45, 7) is 1.76. The lowest BCUT2D eigenvalue weighted by atomic mass is 9.81. The van der Waals surface area contributed by atoms with E-state index in [4.69, 9.17) is 9.52 Å². The van der Waals surface area contributed by atoms with Crippen LogP contribution < -0.4 is 5.32 Å². The number of aliphatic carboxylic acids is 1. The van der Waals surface area contributed by atoms with E-state index in [1.807, 2.05) is 0 Å². The molecule has 1 aliphatic carbocycles. The molecule has 6 heteroatoms. The molecule has 6 nitrogen and oxygen atoms in total. The fraction of sp³-hybridized carbons (Fsp3) is 0.583. The number of nitrogens with one attached hydrogen (secondary N) is 1. The number of nitrogens with zero attached hydrogens (tertiary/aromatic N) is 1. The van der Waals surface area contributed by atoms with Crippen LogP contribution in [0.25, 0.3) is 0 Å². The molecule has 2 atom stereocenters. The number of carboxylic acid groups (broad SMARTS) is 1. The van der Waals surface area contributed by atoms with Gasteiger partial charge in [-0.25, -0.2) is 0 Å². The Bertz CT molecular complexity index is 455. The van der Waals surface area contributed by atoms with Gasteiger partial charge in [0.05, 0.1) is 11.6 Å². The van der Waals surface area contributed by atoms with Crippen LogP contribution in [0, 0.1) is 18.8 Å². The van der Waals surface area contributed by atoms with Crippen LogP contribution in [0.15, 0.2) is 10.7 Å². The lowest BCUT2D eigenvalue weighted by Gasteiger charge is -2.25. The van der Waals surface area contributed by atoms with E-state index >= 15 is 0 Å². The van der Waals surface area contributed by atoms with Crippen LogP contribution in [0.2, 0.25) is 0 Å². The maximum Gasteiger partial charge on any atom is 0.306 e. The van der Waals surface area contributed by atoms with E-state index in [1.165, 1.54) is 6.26 Å². The molecular formula is C12H16N2O4. The molecule has 0 spiro atoms. The standard InChI is InChI=1S/C12H16N2O4/c1-7-6-18-12(13-7)14-10(15)8-3-2-4-9(5-8)11(16)17/h6,8-9H,2-5H2,1H3,(H,16,17)(H,13,14,15). The topological polar surface area (TPSA) is 92.4 Å². The molecule has 1 aromatic rings. The van der Waals surface area contributed by atoms with E-state index < -0.39 is 11.9 Å². The second-order valence-corrected chi connectivity index (χ2v) is 4.68. The molecule has 18 heavy (non-hydrogen) atoms. The Morgan fingerprint density at radius 3 is 2.78 bits per heavy atom. The number of carbonyl (C=O) groups is 2. The van der Waals surface area contributed by atoms with Gasteiger partial charge in [-0.3, -0.25) is 14.9 Å². The Hall–Kier alpha value is -1.85. The molecule has 0 aromatic carbocycles. The normalized spacial score (nSPS) is 23.6. The Kier molecular flexibility index (Phi) is 3.64. The highest BCUT2D eigenvalue weighted by molar-refractivity contribution is 5.91. The lowest BCUT2D eigenvalue weighted by molar-refractivity contribution is -0.143. The summed E-state index contributed by atoms with van der Waals surface area (Å²) < 4.78 is 5.04. The third-order valence-corrected chi connectivity index (χ3v) is 3.24. The van der Waals surface area contributed by atoms with Crippen molar-refractivity contribution in [3.8, 4) is 0 Å². The van der Waals surface area contributed by atoms with Crippen molar-refractivity contribution in [2.45, 2.75) is 32.6 Å². The first-order chi connectivity index (χ1) is 8.56. The quantitative estimate of drug-likeness (QED) is 0.855. The van der Waals surface area contributed by atoms with Crippen LogP contribution in [0.3, 0.4) is 0 Å². The Balaban J connectivity index is 1.94. The van der Waals surface area contributed by atoms with Crippen LogP contribution in [0.5, 0.6) is 0 Å². The molecule has 1 aromatic heterocycles. The van der Waals surface area contributed by atoms with E-state index in [9.17, 15) is 9.59 Å². The Morgan fingerprint density at radius 1 is 1.44 bits per heavy atom. The van der Waals surface area contributed by atoms with Crippen molar-refractivity contribution in [1.29, 1.82) is 0 Å². The zero-order valence-electron chi connectivity index (χ0n) is 10.2. The fourth-order valence-electron chi connectivity index (χ4n) is 2.27.